The minimum absolute atomic E-state index is 0.0262. The number of carbonyl (C=O) groups is 2. The summed E-state index contributed by atoms with van der Waals surface area (Å²) in [7, 11) is 0. The van der Waals surface area contributed by atoms with E-state index in [4.69, 9.17) is 11.6 Å². The van der Waals surface area contributed by atoms with Crippen molar-refractivity contribution in [1.29, 1.82) is 0 Å². The monoisotopic (exact) mass is 421 g/mol. The zero-order chi connectivity index (χ0) is 20.7. The third-order valence-corrected chi connectivity index (χ3v) is 6.60. The average molecular weight is 422 g/mol. The van der Waals surface area contributed by atoms with Crippen LogP contribution in [0.25, 0.3) is 10.9 Å². The van der Waals surface area contributed by atoms with Crippen molar-refractivity contribution in [3.8, 4) is 0 Å². The second kappa shape index (κ2) is 7.80. The van der Waals surface area contributed by atoms with Crippen LogP contribution in [0.15, 0.2) is 48.5 Å². The van der Waals surface area contributed by atoms with Crippen molar-refractivity contribution >= 4 is 34.3 Å². The van der Waals surface area contributed by atoms with Gasteiger partial charge in [-0.3, -0.25) is 9.59 Å². The molecule has 1 saturated heterocycles. The largest absolute Gasteiger partial charge is 0.358 e. The van der Waals surface area contributed by atoms with Gasteiger partial charge in [-0.05, 0) is 43.2 Å². The topological polar surface area (TPSA) is 56.4 Å². The van der Waals surface area contributed by atoms with Crippen LogP contribution in [-0.4, -0.2) is 46.2 Å². The van der Waals surface area contributed by atoms with Gasteiger partial charge in [0, 0.05) is 65.3 Å². The smallest absolute Gasteiger partial charge is 0.253 e. The molecule has 0 saturated carbocycles. The third kappa shape index (κ3) is 3.47. The van der Waals surface area contributed by atoms with Gasteiger partial charge in [0.25, 0.3) is 5.91 Å². The summed E-state index contributed by atoms with van der Waals surface area (Å²) in [6, 6.07) is 15.2. The first-order valence-electron chi connectivity index (χ1n) is 10.5. The Kier molecular flexibility index (Phi) is 4.99. The summed E-state index contributed by atoms with van der Waals surface area (Å²) in [6.07, 6.45) is 2.53. The van der Waals surface area contributed by atoms with Gasteiger partial charge in [0.1, 0.15) is 0 Å². The number of hydrogen-bond donors (Lipinski definition) is 1. The van der Waals surface area contributed by atoms with E-state index in [1.165, 1.54) is 16.6 Å². The molecule has 1 fully saturated rings. The molecule has 0 aliphatic carbocycles. The Morgan fingerprint density at radius 3 is 2.63 bits per heavy atom. The lowest BCUT2D eigenvalue weighted by Crippen LogP contribution is -2.47. The predicted octanol–water partition coefficient (Wildman–Crippen LogP) is 4.26. The molecule has 2 aliphatic rings. The summed E-state index contributed by atoms with van der Waals surface area (Å²) in [5.74, 6) is 0.00280. The molecular formula is C24H24ClN3O2. The van der Waals surface area contributed by atoms with Crippen molar-refractivity contribution in [1.82, 2.24) is 14.8 Å². The minimum atomic E-state index is -0.137. The Bertz CT molecular complexity index is 1110. The van der Waals surface area contributed by atoms with E-state index in [9.17, 15) is 9.59 Å². The van der Waals surface area contributed by atoms with E-state index < -0.39 is 0 Å². The first-order chi connectivity index (χ1) is 14.6. The number of para-hydroxylation sites is 1. The SMILES string of the molecule is O=C(c1ccc(Cl)cc1)N1CCC[C@H](C(=O)N2CCc3[nH]c4ccccc4c3C2)C1. The maximum Gasteiger partial charge on any atom is 0.253 e. The van der Waals surface area contributed by atoms with Crippen LogP contribution in [0.4, 0.5) is 0 Å². The van der Waals surface area contributed by atoms with Gasteiger partial charge in [-0.2, -0.15) is 0 Å². The standard InChI is InChI=1S/C24H24ClN3O2/c25-18-9-7-16(8-10-18)23(29)27-12-3-4-17(14-27)24(30)28-13-11-22-20(15-28)19-5-1-2-6-21(19)26-22/h1-2,5-10,17,26H,3-4,11-15H2/t17-/m0/s1. The zero-order valence-electron chi connectivity index (χ0n) is 16.7. The Morgan fingerprint density at radius 2 is 1.80 bits per heavy atom. The maximum atomic E-state index is 13.3. The molecule has 30 heavy (non-hydrogen) atoms. The molecule has 2 aliphatic heterocycles. The molecule has 5 nitrogen and oxygen atoms in total. The number of fused-ring (bicyclic) bond motifs is 3. The number of carbonyl (C=O) groups excluding carboxylic acids is 2. The molecule has 3 heterocycles. The molecule has 1 aromatic heterocycles. The molecule has 0 bridgehead atoms. The normalized spacial score (nSPS) is 19.0. The summed E-state index contributed by atoms with van der Waals surface area (Å²) in [4.78, 5) is 33.5. The summed E-state index contributed by atoms with van der Waals surface area (Å²) < 4.78 is 0. The summed E-state index contributed by atoms with van der Waals surface area (Å²) >= 11 is 5.94. The highest BCUT2D eigenvalue weighted by molar-refractivity contribution is 6.30. The lowest BCUT2D eigenvalue weighted by atomic mass is 9.94. The van der Waals surface area contributed by atoms with Crippen molar-refractivity contribution in [2.75, 3.05) is 19.6 Å². The quantitative estimate of drug-likeness (QED) is 0.672. The molecule has 154 valence electrons. The highest BCUT2D eigenvalue weighted by Crippen LogP contribution is 2.29. The summed E-state index contributed by atoms with van der Waals surface area (Å²) in [5.41, 5.74) is 4.22. The van der Waals surface area contributed by atoms with Crippen molar-refractivity contribution in [3.63, 3.8) is 0 Å². The first-order valence-corrected chi connectivity index (χ1v) is 10.9. The molecule has 2 amide bonds. The third-order valence-electron chi connectivity index (χ3n) is 6.34. The second-order valence-corrected chi connectivity index (χ2v) is 8.67. The number of rotatable bonds is 2. The van der Waals surface area contributed by atoms with Gasteiger partial charge in [0.15, 0.2) is 0 Å². The number of likely N-dealkylation sites (tertiary alicyclic amines) is 1. The Hall–Kier alpha value is -2.79. The van der Waals surface area contributed by atoms with Crippen LogP contribution >= 0.6 is 11.6 Å². The van der Waals surface area contributed by atoms with Gasteiger partial charge in [0.05, 0.1) is 5.92 Å². The van der Waals surface area contributed by atoms with Crippen LogP contribution < -0.4 is 0 Å². The fourth-order valence-corrected chi connectivity index (χ4v) is 4.88. The molecule has 1 atom stereocenters. The zero-order valence-corrected chi connectivity index (χ0v) is 17.5. The number of H-pyrrole nitrogens is 1. The van der Waals surface area contributed by atoms with Crippen molar-refractivity contribution in [2.24, 2.45) is 5.92 Å². The van der Waals surface area contributed by atoms with Crippen molar-refractivity contribution in [3.05, 3.63) is 70.4 Å². The number of piperidine rings is 1. The molecule has 1 N–H and O–H groups in total. The summed E-state index contributed by atoms with van der Waals surface area (Å²) in [6.45, 7) is 2.54. The molecule has 6 heteroatoms. The number of benzene rings is 2. The molecule has 0 unspecified atom stereocenters. The molecule has 3 aromatic rings. The van der Waals surface area contributed by atoms with Crippen molar-refractivity contribution < 1.29 is 9.59 Å². The molecular weight excluding hydrogens is 398 g/mol. The maximum absolute atomic E-state index is 13.3. The van der Waals surface area contributed by atoms with E-state index in [-0.39, 0.29) is 17.7 Å². The van der Waals surface area contributed by atoms with E-state index in [1.54, 1.807) is 24.3 Å². The Morgan fingerprint density at radius 1 is 1.00 bits per heavy atom. The first kappa shape index (κ1) is 19.2. The number of amides is 2. The molecule has 0 spiro atoms. The Labute approximate surface area is 180 Å². The fourth-order valence-electron chi connectivity index (χ4n) is 4.75. The van der Waals surface area contributed by atoms with E-state index in [0.717, 1.165) is 31.3 Å². The van der Waals surface area contributed by atoms with Gasteiger partial charge in [-0.15, -0.1) is 0 Å². The number of halogens is 1. The van der Waals surface area contributed by atoms with E-state index >= 15 is 0 Å². The van der Waals surface area contributed by atoms with Gasteiger partial charge < -0.3 is 14.8 Å². The van der Waals surface area contributed by atoms with Gasteiger partial charge >= 0.3 is 0 Å². The van der Waals surface area contributed by atoms with Crippen LogP contribution in [0.3, 0.4) is 0 Å². The predicted molar refractivity (Wildman–Crippen MR) is 117 cm³/mol. The van der Waals surface area contributed by atoms with Gasteiger partial charge in [0.2, 0.25) is 5.91 Å². The van der Waals surface area contributed by atoms with Crippen LogP contribution in [0.5, 0.6) is 0 Å². The molecule has 2 aromatic carbocycles. The van der Waals surface area contributed by atoms with Crippen LogP contribution in [0.2, 0.25) is 5.02 Å². The van der Waals surface area contributed by atoms with E-state index in [2.05, 4.69) is 17.1 Å². The number of hydrogen-bond acceptors (Lipinski definition) is 2. The highest BCUT2D eigenvalue weighted by atomic mass is 35.5. The number of aromatic nitrogens is 1. The van der Waals surface area contributed by atoms with Crippen molar-refractivity contribution in [2.45, 2.75) is 25.8 Å². The minimum Gasteiger partial charge on any atom is -0.358 e. The van der Waals surface area contributed by atoms with Gasteiger partial charge in [-0.1, -0.05) is 29.8 Å². The number of aromatic amines is 1. The fraction of sp³-hybridized carbons (Fsp3) is 0.333. The highest BCUT2D eigenvalue weighted by Gasteiger charge is 2.33. The number of nitrogens with zero attached hydrogens (tertiary/aromatic N) is 2. The molecule has 0 radical (unpaired) electrons. The van der Waals surface area contributed by atoms with Crippen LogP contribution in [-0.2, 0) is 17.8 Å². The van der Waals surface area contributed by atoms with Crippen LogP contribution in [0.1, 0.15) is 34.5 Å². The Balaban J connectivity index is 1.30. The van der Waals surface area contributed by atoms with E-state index in [1.807, 2.05) is 21.9 Å². The molecule has 5 rings (SSSR count). The summed E-state index contributed by atoms with van der Waals surface area (Å²) in [5, 5.41) is 1.81. The second-order valence-electron chi connectivity index (χ2n) is 8.23. The lowest BCUT2D eigenvalue weighted by Gasteiger charge is -2.36. The van der Waals surface area contributed by atoms with E-state index in [0.29, 0.717) is 30.2 Å². The average Bonchev–Trinajstić information content (AvgIpc) is 3.16. The van der Waals surface area contributed by atoms with Gasteiger partial charge in [-0.25, -0.2) is 0 Å². The van der Waals surface area contributed by atoms with Crippen LogP contribution in [0, 0.1) is 5.92 Å². The lowest BCUT2D eigenvalue weighted by molar-refractivity contribution is -0.137. The number of nitrogens with one attached hydrogen (secondary N) is 1.